The van der Waals surface area contributed by atoms with Crippen LogP contribution in [0.15, 0.2) is 0 Å². The van der Waals surface area contributed by atoms with Gasteiger partial charge in [0.25, 0.3) is 0 Å². The summed E-state index contributed by atoms with van der Waals surface area (Å²) >= 11 is 0. The van der Waals surface area contributed by atoms with Crippen LogP contribution in [0.1, 0.15) is 34.1 Å². The number of urea groups is 1. The number of hydrogen-bond donors (Lipinski definition) is 2. The van der Waals surface area contributed by atoms with Gasteiger partial charge in [0, 0.05) is 19.1 Å². The van der Waals surface area contributed by atoms with Crippen LogP contribution in [0.2, 0.25) is 0 Å². The molecule has 4 nitrogen and oxygen atoms in total. The van der Waals surface area contributed by atoms with E-state index >= 15 is 0 Å². The second-order valence-corrected chi connectivity index (χ2v) is 5.87. The van der Waals surface area contributed by atoms with Crippen LogP contribution < -0.4 is 10.6 Å². The minimum Gasteiger partial charge on any atom is -0.378 e. The van der Waals surface area contributed by atoms with Crippen molar-refractivity contribution in [2.75, 3.05) is 13.2 Å². The summed E-state index contributed by atoms with van der Waals surface area (Å²) in [5.41, 5.74) is 0. The van der Waals surface area contributed by atoms with Gasteiger partial charge >= 0.3 is 6.03 Å². The standard InChI is InChI=1S/C15H26N2O2/c1-6-13(10(2)3)17-15(18)16-9-12-7-8-19-14(12)11(4)5/h1,10-14H,7-9H2,2-5H3,(H2,16,17,18)/t12-,13+,14-/m1/s1. The number of hydrogen-bond acceptors (Lipinski definition) is 2. The first-order valence-electron chi connectivity index (χ1n) is 7.07. The molecule has 1 rings (SSSR count). The molecule has 2 amide bonds. The number of amides is 2. The van der Waals surface area contributed by atoms with Crippen molar-refractivity contribution < 1.29 is 9.53 Å². The third-order valence-corrected chi connectivity index (χ3v) is 3.58. The zero-order valence-electron chi connectivity index (χ0n) is 12.4. The summed E-state index contributed by atoms with van der Waals surface area (Å²) in [5, 5.41) is 5.71. The van der Waals surface area contributed by atoms with E-state index in [4.69, 9.17) is 11.2 Å². The van der Waals surface area contributed by atoms with Gasteiger partial charge in [-0.2, -0.15) is 0 Å². The summed E-state index contributed by atoms with van der Waals surface area (Å²) in [5.74, 6) is 3.70. The van der Waals surface area contributed by atoms with Crippen molar-refractivity contribution in [3.8, 4) is 12.3 Å². The van der Waals surface area contributed by atoms with Crippen molar-refractivity contribution in [3.63, 3.8) is 0 Å². The summed E-state index contributed by atoms with van der Waals surface area (Å²) in [4.78, 5) is 11.8. The van der Waals surface area contributed by atoms with Crippen LogP contribution in [0.25, 0.3) is 0 Å². The number of terminal acetylenes is 1. The molecule has 0 unspecified atom stereocenters. The fraction of sp³-hybridized carbons (Fsp3) is 0.800. The highest BCUT2D eigenvalue weighted by atomic mass is 16.5. The second-order valence-electron chi connectivity index (χ2n) is 5.87. The van der Waals surface area contributed by atoms with Crippen molar-refractivity contribution in [2.45, 2.75) is 46.3 Å². The monoisotopic (exact) mass is 266 g/mol. The van der Waals surface area contributed by atoms with E-state index < -0.39 is 0 Å². The van der Waals surface area contributed by atoms with Gasteiger partial charge in [-0.3, -0.25) is 0 Å². The van der Waals surface area contributed by atoms with Gasteiger partial charge in [0.1, 0.15) is 0 Å². The Labute approximate surface area is 116 Å². The van der Waals surface area contributed by atoms with E-state index in [2.05, 4.69) is 30.4 Å². The van der Waals surface area contributed by atoms with Gasteiger partial charge in [-0.05, 0) is 18.3 Å². The minimum atomic E-state index is -0.222. The Balaban J connectivity index is 2.36. The third-order valence-electron chi connectivity index (χ3n) is 3.58. The number of carbonyl (C=O) groups excluding carboxylic acids is 1. The van der Waals surface area contributed by atoms with Crippen molar-refractivity contribution in [3.05, 3.63) is 0 Å². The lowest BCUT2D eigenvalue weighted by Crippen LogP contribution is -2.46. The highest BCUT2D eigenvalue weighted by Crippen LogP contribution is 2.25. The fourth-order valence-electron chi connectivity index (χ4n) is 2.43. The summed E-state index contributed by atoms with van der Waals surface area (Å²) in [6.45, 7) is 9.71. The predicted molar refractivity (Wildman–Crippen MR) is 76.7 cm³/mol. The van der Waals surface area contributed by atoms with E-state index in [0.717, 1.165) is 13.0 Å². The molecule has 0 aromatic rings. The van der Waals surface area contributed by atoms with Crippen LogP contribution >= 0.6 is 0 Å². The van der Waals surface area contributed by atoms with Crippen LogP contribution in [0.3, 0.4) is 0 Å². The number of nitrogens with one attached hydrogen (secondary N) is 2. The lowest BCUT2D eigenvalue weighted by molar-refractivity contribution is 0.0545. The van der Waals surface area contributed by atoms with Gasteiger partial charge in [-0.15, -0.1) is 6.42 Å². The quantitative estimate of drug-likeness (QED) is 0.748. The summed E-state index contributed by atoms with van der Waals surface area (Å²) in [7, 11) is 0. The highest BCUT2D eigenvalue weighted by Gasteiger charge is 2.30. The maximum Gasteiger partial charge on any atom is 0.315 e. The molecule has 1 aliphatic rings. The average Bonchev–Trinajstić information content (AvgIpc) is 2.81. The molecule has 0 bridgehead atoms. The number of rotatable bonds is 5. The van der Waals surface area contributed by atoms with Gasteiger partial charge in [-0.1, -0.05) is 33.6 Å². The molecular formula is C15H26N2O2. The molecule has 19 heavy (non-hydrogen) atoms. The molecule has 0 aromatic heterocycles. The topological polar surface area (TPSA) is 50.4 Å². The molecule has 0 saturated carbocycles. The smallest absolute Gasteiger partial charge is 0.315 e. The molecule has 4 heteroatoms. The molecule has 108 valence electrons. The average molecular weight is 266 g/mol. The first kappa shape index (κ1) is 15.8. The summed E-state index contributed by atoms with van der Waals surface area (Å²) < 4.78 is 5.70. The Hall–Kier alpha value is -1.21. The number of carbonyl (C=O) groups is 1. The maximum absolute atomic E-state index is 11.8. The minimum absolute atomic E-state index is 0.189. The molecule has 1 heterocycles. The lowest BCUT2D eigenvalue weighted by atomic mass is 9.93. The molecule has 0 spiro atoms. The van der Waals surface area contributed by atoms with Crippen LogP contribution in [0.5, 0.6) is 0 Å². The fourth-order valence-corrected chi connectivity index (χ4v) is 2.43. The molecular weight excluding hydrogens is 240 g/mol. The molecule has 1 saturated heterocycles. The summed E-state index contributed by atoms with van der Waals surface area (Å²) in [6.07, 6.45) is 6.64. The molecule has 0 aromatic carbocycles. The molecule has 1 fully saturated rings. The molecule has 1 aliphatic heterocycles. The predicted octanol–water partition coefficient (Wildman–Crippen LogP) is 2.00. The molecule has 0 radical (unpaired) electrons. The van der Waals surface area contributed by atoms with E-state index in [-0.39, 0.29) is 24.1 Å². The van der Waals surface area contributed by atoms with E-state index in [1.165, 1.54) is 0 Å². The summed E-state index contributed by atoms with van der Waals surface area (Å²) in [6, 6.07) is -0.410. The Bertz CT molecular complexity index is 334. The zero-order chi connectivity index (χ0) is 14.4. The van der Waals surface area contributed by atoms with Crippen LogP contribution in [-0.4, -0.2) is 31.3 Å². The maximum atomic E-state index is 11.8. The molecule has 0 aliphatic carbocycles. The van der Waals surface area contributed by atoms with E-state index in [0.29, 0.717) is 18.4 Å². The van der Waals surface area contributed by atoms with E-state index in [1.54, 1.807) is 0 Å². The van der Waals surface area contributed by atoms with Crippen LogP contribution in [0.4, 0.5) is 4.79 Å². The van der Waals surface area contributed by atoms with Gasteiger partial charge < -0.3 is 15.4 Å². The van der Waals surface area contributed by atoms with E-state index in [9.17, 15) is 4.79 Å². The lowest BCUT2D eigenvalue weighted by Gasteiger charge is -2.23. The van der Waals surface area contributed by atoms with Gasteiger partial charge in [-0.25, -0.2) is 4.79 Å². The van der Waals surface area contributed by atoms with Crippen LogP contribution in [0, 0.1) is 30.1 Å². The van der Waals surface area contributed by atoms with E-state index in [1.807, 2.05) is 13.8 Å². The van der Waals surface area contributed by atoms with Crippen LogP contribution in [-0.2, 0) is 4.74 Å². The molecule has 3 atom stereocenters. The normalized spacial score (nSPS) is 24.3. The Morgan fingerprint density at radius 3 is 2.63 bits per heavy atom. The van der Waals surface area contributed by atoms with Gasteiger partial charge in [0.15, 0.2) is 0 Å². The van der Waals surface area contributed by atoms with Gasteiger partial charge in [0.2, 0.25) is 0 Å². The number of ether oxygens (including phenoxy) is 1. The largest absolute Gasteiger partial charge is 0.378 e. The van der Waals surface area contributed by atoms with Crippen molar-refractivity contribution in [1.82, 2.24) is 10.6 Å². The second kappa shape index (κ2) is 7.40. The van der Waals surface area contributed by atoms with Crippen molar-refractivity contribution in [1.29, 1.82) is 0 Å². The Kier molecular flexibility index (Phi) is 6.17. The van der Waals surface area contributed by atoms with Crippen molar-refractivity contribution in [2.24, 2.45) is 17.8 Å². The molecule has 2 N–H and O–H groups in total. The third kappa shape index (κ3) is 4.76. The van der Waals surface area contributed by atoms with Gasteiger partial charge in [0.05, 0.1) is 12.1 Å². The first-order chi connectivity index (χ1) is 8.95. The highest BCUT2D eigenvalue weighted by molar-refractivity contribution is 5.74. The van der Waals surface area contributed by atoms with Crippen molar-refractivity contribution >= 4 is 6.03 Å². The zero-order valence-corrected chi connectivity index (χ0v) is 12.4. The first-order valence-corrected chi connectivity index (χ1v) is 7.07. The SMILES string of the molecule is C#C[C@H](NC(=O)NC[C@H]1CCO[C@@H]1C(C)C)C(C)C. The Morgan fingerprint density at radius 1 is 1.42 bits per heavy atom. The Morgan fingerprint density at radius 2 is 2.11 bits per heavy atom.